The Morgan fingerprint density at radius 1 is 1.00 bits per heavy atom. The average Bonchev–Trinajstić information content (AvgIpc) is 2.32. The molecule has 3 nitrogen and oxygen atoms in total. The molecule has 94 valence electrons. The second-order valence-electron chi connectivity index (χ2n) is 5.54. The van der Waals surface area contributed by atoms with Gasteiger partial charge < -0.3 is 10.0 Å². The Morgan fingerprint density at radius 2 is 1.69 bits per heavy atom. The molecule has 1 N–H and O–H groups in total. The summed E-state index contributed by atoms with van der Waals surface area (Å²) < 4.78 is 0. The second kappa shape index (κ2) is 5.99. The molecule has 2 rings (SSSR count). The molecule has 0 aliphatic carbocycles. The molecule has 0 bridgehead atoms. The number of β-amino-alcohol motifs (C(OH)–C–C–N with tert-alkyl or cyclic N) is 1. The molecule has 0 spiro atoms. The Kier molecular flexibility index (Phi) is 4.62. The summed E-state index contributed by atoms with van der Waals surface area (Å²) in [6.45, 7) is 9.12. The van der Waals surface area contributed by atoms with Gasteiger partial charge in [0.25, 0.3) is 0 Å². The zero-order valence-electron chi connectivity index (χ0n) is 10.6. The second-order valence-corrected chi connectivity index (χ2v) is 5.54. The largest absolute Gasteiger partial charge is 0.392 e. The highest BCUT2D eigenvalue weighted by Crippen LogP contribution is 2.17. The first-order valence-electron chi connectivity index (χ1n) is 6.88. The van der Waals surface area contributed by atoms with Crippen LogP contribution in [0.25, 0.3) is 0 Å². The fourth-order valence-electron chi connectivity index (χ4n) is 2.78. The monoisotopic (exact) mass is 226 g/mol. The van der Waals surface area contributed by atoms with Crippen LogP contribution in [0, 0.1) is 5.92 Å². The van der Waals surface area contributed by atoms with Crippen LogP contribution in [0.4, 0.5) is 0 Å². The van der Waals surface area contributed by atoms with E-state index in [0.717, 1.165) is 19.5 Å². The van der Waals surface area contributed by atoms with Crippen LogP contribution < -0.4 is 0 Å². The first-order chi connectivity index (χ1) is 7.75. The van der Waals surface area contributed by atoms with Gasteiger partial charge in [-0.15, -0.1) is 0 Å². The summed E-state index contributed by atoms with van der Waals surface area (Å²) in [5.41, 5.74) is 0. The number of rotatable bonds is 3. The molecular weight excluding hydrogens is 200 g/mol. The summed E-state index contributed by atoms with van der Waals surface area (Å²) in [7, 11) is 0. The molecule has 0 amide bonds. The van der Waals surface area contributed by atoms with Gasteiger partial charge in [0.15, 0.2) is 0 Å². The third-order valence-electron chi connectivity index (χ3n) is 4.18. The van der Waals surface area contributed by atoms with E-state index in [4.69, 9.17) is 0 Å². The average molecular weight is 226 g/mol. The molecule has 2 fully saturated rings. The van der Waals surface area contributed by atoms with Gasteiger partial charge in [-0.05, 0) is 44.8 Å². The lowest BCUT2D eigenvalue weighted by molar-refractivity contribution is 0.0246. The maximum Gasteiger partial charge on any atom is 0.0693 e. The summed E-state index contributed by atoms with van der Waals surface area (Å²) >= 11 is 0. The Bertz CT molecular complexity index is 204. The van der Waals surface area contributed by atoms with Crippen LogP contribution in [0.5, 0.6) is 0 Å². The smallest absolute Gasteiger partial charge is 0.0693 e. The summed E-state index contributed by atoms with van der Waals surface area (Å²) in [5, 5.41) is 9.83. The van der Waals surface area contributed by atoms with Crippen molar-refractivity contribution in [3.8, 4) is 0 Å². The molecular formula is C13H26N2O. The topological polar surface area (TPSA) is 26.7 Å². The number of likely N-dealkylation sites (tertiary alicyclic amines) is 2. The maximum absolute atomic E-state index is 9.83. The first-order valence-corrected chi connectivity index (χ1v) is 6.88. The predicted octanol–water partition coefficient (Wildman–Crippen LogP) is 1.18. The van der Waals surface area contributed by atoms with Gasteiger partial charge in [0.1, 0.15) is 0 Å². The molecule has 3 heteroatoms. The van der Waals surface area contributed by atoms with Crippen molar-refractivity contribution in [3.63, 3.8) is 0 Å². The highest BCUT2D eigenvalue weighted by Gasteiger charge is 2.24. The molecule has 16 heavy (non-hydrogen) atoms. The van der Waals surface area contributed by atoms with E-state index in [-0.39, 0.29) is 6.10 Å². The molecule has 2 heterocycles. The fraction of sp³-hybridized carbons (Fsp3) is 1.00. The molecule has 0 aromatic carbocycles. The quantitative estimate of drug-likeness (QED) is 0.783. The summed E-state index contributed by atoms with van der Waals surface area (Å²) in [4.78, 5) is 5.01. The van der Waals surface area contributed by atoms with Crippen molar-refractivity contribution >= 4 is 0 Å². The Hall–Kier alpha value is -0.120. The van der Waals surface area contributed by atoms with E-state index >= 15 is 0 Å². The highest BCUT2D eigenvalue weighted by atomic mass is 16.3. The van der Waals surface area contributed by atoms with Gasteiger partial charge in [0, 0.05) is 19.6 Å². The van der Waals surface area contributed by atoms with Gasteiger partial charge in [-0.1, -0.05) is 13.3 Å². The number of aliphatic hydroxyl groups is 1. The van der Waals surface area contributed by atoms with Crippen molar-refractivity contribution in [2.24, 2.45) is 5.92 Å². The molecule has 2 saturated heterocycles. The van der Waals surface area contributed by atoms with Crippen LogP contribution in [-0.2, 0) is 0 Å². The normalized spacial score (nSPS) is 34.1. The zero-order chi connectivity index (χ0) is 11.4. The molecule has 2 aliphatic heterocycles. The zero-order valence-corrected chi connectivity index (χ0v) is 10.6. The lowest BCUT2D eigenvalue weighted by Crippen LogP contribution is -2.46. The van der Waals surface area contributed by atoms with Gasteiger partial charge in [-0.25, -0.2) is 0 Å². The fourth-order valence-corrected chi connectivity index (χ4v) is 2.78. The molecule has 2 atom stereocenters. The third-order valence-corrected chi connectivity index (χ3v) is 4.18. The van der Waals surface area contributed by atoms with E-state index in [1.165, 1.54) is 45.4 Å². The van der Waals surface area contributed by atoms with E-state index in [1.54, 1.807) is 0 Å². The van der Waals surface area contributed by atoms with E-state index < -0.39 is 0 Å². The van der Waals surface area contributed by atoms with Crippen LogP contribution in [-0.4, -0.2) is 60.3 Å². The van der Waals surface area contributed by atoms with Gasteiger partial charge in [-0.3, -0.25) is 4.90 Å². The molecule has 0 radical (unpaired) electrons. The Labute approximate surface area is 99.4 Å². The number of piperidine rings is 2. The Morgan fingerprint density at radius 3 is 2.38 bits per heavy atom. The predicted molar refractivity (Wildman–Crippen MR) is 66.5 cm³/mol. The van der Waals surface area contributed by atoms with E-state index in [9.17, 15) is 5.11 Å². The van der Waals surface area contributed by atoms with E-state index in [0.29, 0.717) is 5.92 Å². The van der Waals surface area contributed by atoms with Crippen molar-refractivity contribution < 1.29 is 5.11 Å². The van der Waals surface area contributed by atoms with Crippen LogP contribution in [0.2, 0.25) is 0 Å². The van der Waals surface area contributed by atoms with Gasteiger partial charge >= 0.3 is 0 Å². The van der Waals surface area contributed by atoms with Crippen molar-refractivity contribution in [2.45, 2.75) is 38.7 Å². The lowest BCUT2D eigenvalue weighted by Gasteiger charge is -2.36. The van der Waals surface area contributed by atoms with Gasteiger partial charge in [-0.2, -0.15) is 0 Å². The SMILES string of the molecule is CC1CCN(CCN2CCCCC2)CC1O. The number of hydrogen-bond donors (Lipinski definition) is 1. The molecule has 0 aromatic rings. The standard InChI is InChI=1S/C13H26N2O/c1-12-5-8-15(11-13(12)16)10-9-14-6-3-2-4-7-14/h12-13,16H,2-11H2,1H3. The van der Waals surface area contributed by atoms with Crippen molar-refractivity contribution in [1.29, 1.82) is 0 Å². The minimum Gasteiger partial charge on any atom is -0.392 e. The van der Waals surface area contributed by atoms with Crippen LogP contribution in [0.3, 0.4) is 0 Å². The minimum absolute atomic E-state index is 0.102. The van der Waals surface area contributed by atoms with Crippen molar-refractivity contribution in [3.05, 3.63) is 0 Å². The van der Waals surface area contributed by atoms with Crippen LogP contribution >= 0.6 is 0 Å². The van der Waals surface area contributed by atoms with Crippen LogP contribution in [0.15, 0.2) is 0 Å². The molecule has 2 unspecified atom stereocenters. The summed E-state index contributed by atoms with van der Waals surface area (Å²) in [6.07, 6.45) is 5.21. The van der Waals surface area contributed by atoms with E-state index in [1.807, 2.05) is 0 Å². The van der Waals surface area contributed by atoms with Gasteiger partial charge in [0.2, 0.25) is 0 Å². The molecule has 0 aromatic heterocycles. The van der Waals surface area contributed by atoms with E-state index in [2.05, 4.69) is 16.7 Å². The third kappa shape index (κ3) is 3.44. The first kappa shape index (κ1) is 12.3. The van der Waals surface area contributed by atoms with Crippen LogP contribution in [0.1, 0.15) is 32.6 Å². The summed E-state index contributed by atoms with van der Waals surface area (Å²) in [6, 6.07) is 0. The number of hydrogen-bond acceptors (Lipinski definition) is 3. The number of nitrogens with zero attached hydrogens (tertiary/aromatic N) is 2. The van der Waals surface area contributed by atoms with Gasteiger partial charge in [0.05, 0.1) is 6.10 Å². The lowest BCUT2D eigenvalue weighted by atomic mass is 9.96. The molecule has 2 aliphatic rings. The summed E-state index contributed by atoms with van der Waals surface area (Å²) in [5.74, 6) is 0.492. The highest BCUT2D eigenvalue weighted by molar-refractivity contribution is 4.78. The Balaban J connectivity index is 1.65. The molecule has 0 saturated carbocycles. The van der Waals surface area contributed by atoms with Crippen molar-refractivity contribution in [1.82, 2.24) is 9.80 Å². The minimum atomic E-state index is -0.102. The van der Waals surface area contributed by atoms with Crippen molar-refractivity contribution in [2.75, 3.05) is 39.3 Å². The number of aliphatic hydroxyl groups excluding tert-OH is 1. The maximum atomic E-state index is 9.83.